The zero-order valence-corrected chi connectivity index (χ0v) is 11.4. The van der Waals surface area contributed by atoms with E-state index in [2.05, 4.69) is 22.2 Å². The van der Waals surface area contributed by atoms with Gasteiger partial charge in [0.1, 0.15) is 5.03 Å². The zero-order valence-electron chi connectivity index (χ0n) is 10.6. The van der Waals surface area contributed by atoms with Crippen LogP contribution in [0.25, 0.3) is 5.65 Å². The molecular formula is C12H18N4S. The van der Waals surface area contributed by atoms with Crippen molar-refractivity contribution in [3.63, 3.8) is 0 Å². The van der Waals surface area contributed by atoms with Gasteiger partial charge in [-0.15, -0.1) is 22.0 Å². The van der Waals surface area contributed by atoms with Crippen molar-refractivity contribution in [1.82, 2.24) is 19.8 Å². The third-order valence-electron chi connectivity index (χ3n) is 2.43. The van der Waals surface area contributed by atoms with Crippen LogP contribution in [0.5, 0.6) is 0 Å². The molecule has 0 atom stereocenters. The first-order valence-corrected chi connectivity index (χ1v) is 7.13. The lowest BCUT2D eigenvalue weighted by Crippen LogP contribution is -1.98. The molecule has 4 nitrogen and oxygen atoms in total. The summed E-state index contributed by atoms with van der Waals surface area (Å²) in [6.07, 6.45) is 3.52. The molecule has 92 valence electrons. The highest BCUT2D eigenvalue weighted by Crippen LogP contribution is 2.38. The highest BCUT2D eigenvalue weighted by atomic mass is 32.2. The van der Waals surface area contributed by atoms with E-state index < -0.39 is 0 Å². The van der Waals surface area contributed by atoms with Crippen LogP contribution in [0.4, 0.5) is 0 Å². The maximum atomic E-state index is 4.54. The minimum absolute atomic E-state index is 0.788. The van der Waals surface area contributed by atoms with E-state index in [-0.39, 0.29) is 0 Å². The molecule has 1 aliphatic rings. The number of fused-ring (bicyclic) bond motifs is 1. The predicted octanol–water partition coefficient (Wildman–Crippen LogP) is 2.97. The van der Waals surface area contributed by atoms with Gasteiger partial charge in [0.15, 0.2) is 11.5 Å². The Hall–Kier alpha value is -1.10. The Morgan fingerprint density at radius 1 is 1.29 bits per heavy atom. The van der Waals surface area contributed by atoms with Gasteiger partial charge in [-0.3, -0.25) is 0 Å². The molecule has 1 saturated carbocycles. The molecule has 0 radical (unpaired) electrons. The molecule has 2 heterocycles. The second-order valence-electron chi connectivity index (χ2n) is 3.73. The van der Waals surface area contributed by atoms with Crippen LogP contribution in [0, 0.1) is 0 Å². The minimum atomic E-state index is 0.788. The summed E-state index contributed by atoms with van der Waals surface area (Å²) in [5.74, 6) is 0.934. The minimum Gasteiger partial charge on any atom is -0.196 e. The average molecular weight is 250 g/mol. The Morgan fingerprint density at radius 2 is 2.06 bits per heavy atom. The molecule has 0 aliphatic heterocycles. The maximum absolute atomic E-state index is 4.54. The molecule has 0 amide bonds. The fourth-order valence-electron chi connectivity index (χ4n) is 1.46. The van der Waals surface area contributed by atoms with E-state index in [4.69, 9.17) is 0 Å². The Kier molecular flexibility index (Phi) is 3.99. The van der Waals surface area contributed by atoms with Crippen molar-refractivity contribution in [2.45, 2.75) is 50.3 Å². The SMILES string of the molecule is CC.CCc1nnc2ccc(SC3CC3)nn12. The summed E-state index contributed by atoms with van der Waals surface area (Å²) in [6, 6.07) is 4.02. The summed E-state index contributed by atoms with van der Waals surface area (Å²) in [4.78, 5) is 0. The Bertz CT molecular complexity index is 490. The third-order valence-corrected chi connectivity index (χ3v) is 3.69. The number of hydrogen-bond donors (Lipinski definition) is 0. The molecule has 1 aliphatic carbocycles. The Labute approximate surface area is 106 Å². The number of aryl methyl sites for hydroxylation is 1. The van der Waals surface area contributed by atoms with E-state index >= 15 is 0 Å². The van der Waals surface area contributed by atoms with E-state index in [1.165, 1.54) is 12.8 Å². The fraction of sp³-hybridized carbons (Fsp3) is 0.583. The number of hydrogen-bond acceptors (Lipinski definition) is 4. The predicted molar refractivity (Wildman–Crippen MR) is 70.4 cm³/mol. The van der Waals surface area contributed by atoms with Crippen LogP contribution in [0.3, 0.4) is 0 Å². The molecule has 0 spiro atoms. The Balaban J connectivity index is 0.000000514. The van der Waals surface area contributed by atoms with Gasteiger partial charge in [-0.2, -0.15) is 9.61 Å². The first-order valence-electron chi connectivity index (χ1n) is 6.25. The number of rotatable bonds is 3. The molecule has 0 saturated heterocycles. The molecular weight excluding hydrogens is 232 g/mol. The van der Waals surface area contributed by atoms with Crippen LogP contribution < -0.4 is 0 Å². The molecule has 3 rings (SSSR count). The molecule has 2 aromatic heterocycles. The fourth-order valence-corrected chi connectivity index (χ4v) is 2.45. The Morgan fingerprint density at radius 3 is 2.71 bits per heavy atom. The third kappa shape index (κ3) is 2.77. The second kappa shape index (κ2) is 5.49. The van der Waals surface area contributed by atoms with Crippen molar-refractivity contribution in [3.05, 3.63) is 18.0 Å². The summed E-state index contributed by atoms with van der Waals surface area (Å²) >= 11 is 1.86. The van der Waals surface area contributed by atoms with Crippen molar-refractivity contribution in [2.24, 2.45) is 0 Å². The molecule has 0 bridgehead atoms. The van der Waals surface area contributed by atoms with E-state index in [0.29, 0.717) is 0 Å². The van der Waals surface area contributed by atoms with Crippen LogP contribution in [0.1, 0.15) is 39.4 Å². The highest BCUT2D eigenvalue weighted by Gasteiger charge is 2.23. The van der Waals surface area contributed by atoms with Gasteiger partial charge in [-0.1, -0.05) is 20.8 Å². The van der Waals surface area contributed by atoms with Gasteiger partial charge in [0.2, 0.25) is 0 Å². The van der Waals surface area contributed by atoms with Crippen LogP contribution in [0.15, 0.2) is 17.2 Å². The highest BCUT2D eigenvalue weighted by molar-refractivity contribution is 8.00. The van der Waals surface area contributed by atoms with Crippen LogP contribution >= 0.6 is 11.8 Å². The van der Waals surface area contributed by atoms with Gasteiger partial charge in [0, 0.05) is 11.7 Å². The zero-order chi connectivity index (χ0) is 12.3. The first-order chi connectivity index (χ1) is 8.36. The summed E-state index contributed by atoms with van der Waals surface area (Å²) in [7, 11) is 0. The lowest BCUT2D eigenvalue weighted by molar-refractivity contribution is 0.783. The van der Waals surface area contributed by atoms with Crippen LogP contribution in [0.2, 0.25) is 0 Å². The van der Waals surface area contributed by atoms with Crippen LogP contribution in [-0.4, -0.2) is 25.1 Å². The lowest BCUT2D eigenvalue weighted by atomic mass is 10.5. The smallest absolute Gasteiger partial charge is 0.177 e. The van der Waals surface area contributed by atoms with Gasteiger partial charge in [0.25, 0.3) is 0 Å². The molecule has 1 fully saturated rings. The normalized spacial score (nSPS) is 14.5. The second-order valence-corrected chi connectivity index (χ2v) is 5.05. The maximum Gasteiger partial charge on any atom is 0.177 e. The molecule has 0 unspecified atom stereocenters. The largest absolute Gasteiger partial charge is 0.196 e. The topological polar surface area (TPSA) is 43.1 Å². The van der Waals surface area contributed by atoms with Gasteiger partial charge in [-0.05, 0) is 25.0 Å². The monoisotopic (exact) mass is 250 g/mol. The van der Waals surface area contributed by atoms with E-state index in [1.807, 2.05) is 42.3 Å². The number of aromatic nitrogens is 4. The molecule has 2 aromatic rings. The van der Waals surface area contributed by atoms with Crippen LogP contribution in [-0.2, 0) is 6.42 Å². The lowest BCUT2D eigenvalue weighted by Gasteiger charge is -1.99. The summed E-state index contributed by atoms with van der Waals surface area (Å²) in [6.45, 7) is 6.07. The van der Waals surface area contributed by atoms with Crippen molar-refractivity contribution < 1.29 is 0 Å². The average Bonchev–Trinajstić information content (AvgIpc) is 3.10. The van der Waals surface area contributed by atoms with Gasteiger partial charge in [-0.25, -0.2) is 0 Å². The van der Waals surface area contributed by atoms with Gasteiger partial charge >= 0.3 is 0 Å². The summed E-state index contributed by atoms with van der Waals surface area (Å²) in [5, 5.41) is 14.6. The molecule has 5 heteroatoms. The standard InChI is InChI=1S/C10H12N4S.C2H6/c1-2-8-11-12-9-5-6-10(13-14(8)9)15-7-3-4-7;1-2/h5-7H,2-4H2,1H3;1-2H3. The van der Waals surface area contributed by atoms with E-state index in [1.54, 1.807) is 0 Å². The van der Waals surface area contributed by atoms with Crippen molar-refractivity contribution >= 4 is 17.4 Å². The van der Waals surface area contributed by atoms with Gasteiger partial charge < -0.3 is 0 Å². The summed E-state index contributed by atoms with van der Waals surface area (Å²) < 4.78 is 1.85. The van der Waals surface area contributed by atoms with Gasteiger partial charge in [0.05, 0.1) is 0 Å². The first kappa shape index (κ1) is 12.4. The molecule has 17 heavy (non-hydrogen) atoms. The van der Waals surface area contributed by atoms with E-state index in [0.717, 1.165) is 28.2 Å². The van der Waals surface area contributed by atoms with E-state index in [9.17, 15) is 0 Å². The number of thioether (sulfide) groups is 1. The van der Waals surface area contributed by atoms with Crippen molar-refractivity contribution in [3.8, 4) is 0 Å². The van der Waals surface area contributed by atoms with Crippen molar-refractivity contribution in [1.29, 1.82) is 0 Å². The summed E-state index contributed by atoms with van der Waals surface area (Å²) in [5.41, 5.74) is 0.840. The van der Waals surface area contributed by atoms with Crippen molar-refractivity contribution in [2.75, 3.05) is 0 Å². The number of nitrogens with zero attached hydrogens (tertiary/aromatic N) is 4. The molecule has 0 N–H and O–H groups in total. The quantitative estimate of drug-likeness (QED) is 0.840. The molecule has 0 aromatic carbocycles.